The fourth-order valence-corrected chi connectivity index (χ4v) is 2.04. The predicted octanol–water partition coefficient (Wildman–Crippen LogP) is 3.04. The Bertz CT molecular complexity index is 285. The van der Waals surface area contributed by atoms with E-state index in [9.17, 15) is 5.11 Å². The van der Waals surface area contributed by atoms with Crippen LogP contribution < -0.4 is 0 Å². The van der Waals surface area contributed by atoms with Crippen molar-refractivity contribution in [3.63, 3.8) is 0 Å². The zero-order valence-corrected chi connectivity index (χ0v) is 9.59. The maximum Gasteiger partial charge on any atom is 0.0684 e. The monoisotopic (exact) mass is 192 g/mol. The highest BCUT2D eigenvalue weighted by molar-refractivity contribution is 5.39. The molecule has 78 valence electrons. The molecule has 0 unspecified atom stereocenters. The summed E-state index contributed by atoms with van der Waals surface area (Å²) in [5, 5.41) is 9.30. The van der Waals surface area contributed by atoms with Gasteiger partial charge in [-0.25, -0.2) is 0 Å². The van der Waals surface area contributed by atoms with Gasteiger partial charge in [-0.05, 0) is 28.5 Å². The van der Waals surface area contributed by atoms with Crippen LogP contribution in [-0.2, 0) is 18.4 Å². The van der Waals surface area contributed by atoms with Crippen LogP contribution in [0.4, 0.5) is 0 Å². The van der Waals surface area contributed by atoms with Gasteiger partial charge in [0.05, 0.1) is 6.61 Å². The summed E-state index contributed by atoms with van der Waals surface area (Å²) in [4.78, 5) is 0. The Morgan fingerprint density at radius 2 is 1.71 bits per heavy atom. The molecule has 0 spiro atoms. The summed E-state index contributed by atoms with van der Waals surface area (Å²) in [7, 11) is 0. The molecule has 1 N–H and O–H groups in total. The van der Waals surface area contributed by atoms with Crippen molar-refractivity contribution in [3.8, 4) is 0 Å². The molecule has 0 saturated carbocycles. The van der Waals surface area contributed by atoms with Gasteiger partial charge in [0.15, 0.2) is 0 Å². The van der Waals surface area contributed by atoms with Crippen molar-refractivity contribution >= 4 is 0 Å². The van der Waals surface area contributed by atoms with E-state index in [2.05, 4.69) is 33.8 Å². The van der Waals surface area contributed by atoms with E-state index in [0.717, 1.165) is 12.0 Å². The predicted molar refractivity (Wildman–Crippen MR) is 60.4 cm³/mol. The summed E-state index contributed by atoms with van der Waals surface area (Å²) in [6, 6.07) is 6.19. The van der Waals surface area contributed by atoms with Gasteiger partial charge in [0, 0.05) is 0 Å². The maximum absolute atomic E-state index is 9.30. The number of aliphatic hydroxyl groups is 1. The SMILES string of the molecule is CCc1cccc(CO)c1C(C)(C)C. The lowest BCUT2D eigenvalue weighted by Crippen LogP contribution is -2.17. The Labute approximate surface area is 86.8 Å². The van der Waals surface area contributed by atoms with Crippen LogP contribution in [0.25, 0.3) is 0 Å². The molecule has 1 aromatic carbocycles. The van der Waals surface area contributed by atoms with E-state index < -0.39 is 0 Å². The highest BCUT2D eigenvalue weighted by Gasteiger charge is 2.20. The molecule has 14 heavy (non-hydrogen) atoms. The second-order valence-corrected chi connectivity index (χ2v) is 4.71. The first kappa shape index (κ1) is 11.3. The Balaban J connectivity index is 3.34. The number of benzene rings is 1. The lowest BCUT2D eigenvalue weighted by Gasteiger charge is -2.25. The minimum absolute atomic E-state index is 0.116. The van der Waals surface area contributed by atoms with Crippen LogP contribution in [0.15, 0.2) is 18.2 Å². The molecule has 0 saturated heterocycles. The van der Waals surface area contributed by atoms with E-state index in [1.807, 2.05) is 12.1 Å². The zero-order valence-electron chi connectivity index (χ0n) is 9.59. The van der Waals surface area contributed by atoms with Crippen LogP contribution in [-0.4, -0.2) is 5.11 Å². The number of aliphatic hydroxyl groups excluding tert-OH is 1. The highest BCUT2D eigenvalue weighted by atomic mass is 16.3. The third kappa shape index (κ3) is 2.16. The third-order valence-corrected chi connectivity index (χ3v) is 2.54. The van der Waals surface area contributed by atoms with E-state index in [4.69, 9.17) is 0 Å². The van der Waals surface area contributed by atoms with Crippen molar-refractivity contribution in [3.05, 3.63) is 34.9 Å². The van der Waals surface area contributed by atoms with Gasteiger partial charge in [-0.15, -0.1) is 0 Å². The van der Waals surface area contributed by atoms with E-state index in [1.165, 1.54) is 11.1 Å². The average molecular weight is 192 g/mol. The Morgan fingerprint density at radius 1 is 1.14 bits per heavy atom. The first-order valence-electron chi connectivity index (χ1n) is 5.22. The van der Waals surface area contributed by atoms with Crippen molar-refractivity contribution in [2.75, 3.05) is 0 Å². The lowest BCUT2D eigenvalue weighted by molar-refractivity contribution is 0.278. The lowest BCUT2D eigenvalue weighted by atomic mass is 9.80. The molecule has 0 aliphatic carbocycles. The molecule has 0 amide bonds. The minimum Gasteiger partial charge on any atom is -0.392 e. The fraction of sp³-hybridized carbons (Fsp3) is 0.538. The molecule has 0 aliphatic heterocycles. The maximum atomic E-state index is 9.30. The number of hydrogen-bond donors (Lipinski definition) is 1. The fourth-order valence-electron chi connectivity index (χ4n) is 2.04. The number of aryl methyl sites for hydroxylation is 1. The molecule has 1 heteroatoms. The summed E-state index contributed by atoms with van der Waals surface area (Å²) in [6.07, 6.45) is 1.03. The first-order chi connectivity index (χ1) is 6.50. The summed E-state index contributed by atoms with van der Waals surface area (Å²) < 4.78 is 0. The van der Waals surface area contributed by atoms with Gasteiger partial charge in [-0.2, -0.15) is 0 Å². The quantitative estimate of drug-likeness (QED) is 0.763. The first-order valence-corrected chi connectivity index (χ1v) is 5.22. The topological polar surface area (TPSA) is 20.2 Å². The van der Waals surface area contributed by atoms with Crippen LogP contribution in [0.5, 0.6) is 0 Å². The number of rotatable bonds is 2. The highest BCUT2D eigenvalue weighted by Crippen LogP contribution is 2.29. The Kier molecular flexibility index (Phi) is 3.33. The van der Waals surface area contributed by atoms with Crippen molar-refractivity contribution in [2.24, 2.45) is 0 Å². The van der Waals surface area contributed by atoms with E-state index >= 15 is 0 Å². The summed E-state index contributed by atoms with van der Waals surface area (Å²) >= 11 is 0. The zero-order chi connectivity index (χ0) is 10.8. The van der Waals surface area contributed by atoms with Crippen molar-refractivity contribution < 1.29 is 5.11 Å². The smallest absolute Gasteiger partial charge is 0.0684 e. The third-order valence-electron chi connectivity index (χ3n) is 2.54. The molecule has 1 rings (SSSR count). The van der Waals surface area contributed by atoms with Crippen molar-refractivity contribution in [2.45, 2.75) is 46.1 Å². The standard InChI is InChI=1S/C13H20O/c1-5-10-7-6-8-11(9-14)12(10)13(2,3)4/h6-8,14H,5,9H2,1-4H3. The van der Waals surface area contributed by atoms with Crippen molar-refractivity contribution in [1.82, 2.24) is 0 Å². The average Bonchev–Trinajstić information content (AvgIpc) is 2.15. The molecule has 0 aliphatic rings. The largest absolute Gasteiger partial charge is 0.392 e. The Morgan fingerprint density at radius 3 is 2.14 bits per heavy atom. The van der Waals surface area contributed by atoms with Crippen LogP contribution in [0.1, 0.15) is 44.4 Å². The molecule has 0 aromatic heterocycles. The van der Waals surface area contributed by atoms with E-state index in [0.29, 0.717) is 0 Å². The molecule has 0 heterocycles. The van der Waals surface area contributed by atoms with Gasteiger partial charge >= 0.3 is 0 Å². The van der Waals surface area contributed by atoms with Crippen LogP contribution in [0.2, 0.25) is 0 Å². The van der Waals surface area contributed by atoms with Gasteiger partial charge in [0.25, 0.3) is 0 Å². The molecule has 0 radical (unpaired) electrons. The molecular formula is C13H20O. The second-order valence-electron chi connectivity index (χ2n) is 4.71. The van der Waals surface area contributed by atoms with Crippen LogP contribution in [0, 0.1) is 0 Å². The minimum atomic E-state index is 0.116. The van der Waals surface area contributed by atoms with Gasteiger partial charge in [-0.3, -0.25) is 0 Å². The molecule has 1 nitrogen and oxygen atoms in total. The summed E-state index contributed by atoms with van der Waals surface area (Å²) in [5.41, 5.74) is 3.84. The molecule has 0 atom stereocenters. The number of hydrogen-bond acceptors (Lipinski definition) is 1. The van der Waals surface area contributed by atoms with Crippen LogP contribution >= 0.6 is 0 Å². The van der Waals surface area contributed by atoms with Crippen molar-refractivity contribution in [1.29, 1.82) is 0 Å². The normalized spacial score (nSPS) is 11.8. The van der Waals surface area contributed by atoms with Gasteiger partial charge < -0.3 is 5.11 Å². The van der Waals surface area contributed by atoms with E-state index in [-0.39, 0.29) is 12.0 Å². The van der Waals surface area contributed by atoms with Gasteiger partial charge in [0.1, 0.15) is 0 Å². The molecule has 1 aromatic rings. The van der Waals surface area contributed by atoms with Crippen LogP contribution in [0.3, 0.4) is 0 Å². The van der Waals surface area contributed by atoms with E-state index in [1.54, 1.807) is 0 Å². The molecular weight excluding hydrogens is 172 g/mol. The summed E-state index contributed by atoms with van der Waals surface area (Å²) in [6.45, 7) is 8.88. The van der Waals surface area contributed by atoms with Gasteiger partial charge in [0.2, 0.25) is 0 Å². The Hall–Kier alpha value is -0.820. The molecule has 0 fully saturated rings. The second kappa shape index (κ2) is 4.14. The summed E-state index contributed by atoms with van der Waals surface area (Å²) in [5.74, 6) is 0. The van der Waals surface area contributed by atoms with Gasteiger partial charge in [-0.1, -0.05) is 45.9 Å². The molecule has 0 bridgehead atoms.